The zero-order valence-electron chi connectivity index (χ0n) is 10.4. The van der Waals surface area contributed by atoms with Crippen molar-refractivity contribution in [2.75, 3.05) is 19.7 Å². The number of fused-ring (bicyclic) bond motifs is 1. The third-order valence-electron chi connectivity index (χ3n) is 3.53. The van der Waals surface area contributed by atoms with Crippen LogP contribution < -0.4 is 5.32 Å². The van der Waals surface area contributed by atoms with Crippen molar-refractivity contribution in [3.05, 3.63) is 0 Å². The van der Waals surface area contributed by atoms with Gasteiger partial charge in [-0.1, -0.05) is 13.8 Å². The predicted molar refractivity (Wildman–Crippen MR) is 62.3 cm³/mol. The molecule has 1 amide bonds. The molecule has 2 aliphatic heterocycles. The van der Waals surface area contributed by atoms with Gasteiger partial charge >= 0.3 is 6.09 Å². The minimum atomic E-state index is -0.127. The summed E-state index contributed by atoms with van der Waals surface area (Å²) in [6, 6.07) is 0.687. The topological polar surface area (TPSA) is 41.6 Å². The maximum Gasteiger partial charge on any atom is 0.410 e. The molecule has 0 aliphatic carbocycles. The molecule has 2 heterocycles. The van der Waals surface area contributed by atoms with Crippen LogP contribution in [0.1, 0.15) is 27.2 Å². The van der Waals surface area contributed by atoms with Gasteiger partial charge in [-0.05, 0) is 25.2 Å². The Morgan fingerprint density at radius 1 is 1.50 bits per heavy atom. The molecule has 0 aromatic rings. The van der Waals surface area contributed by atoms with E-state index >= 15 is 0 Å². The maximum absolute atomic E-state index is 12.0. The molecule has 2 saturated heterocycles. The fourth-order valence-electron chi connectivity index (χ4n) is 2.79. The van der Waals surface area contributed by atoms with Gasteiger partial charge in [0.05, 0.1) is 12.6 Å². The van der Waals surface area contributed by atoms with E-state index in [1.165, 1.54) is 0 Å². The Morgan fingerprint density at radius 2 is 2.25 bits per heavy atom. The molecule has 3 atom stereocenters. The van der Waals surface area contributed by atoms with Crippen molar-refractivity contribution < 1.29 is 9.53 Å². The molecule has 0 radical (unpaired) electrons. The van der Waals surface area contributed by atoms with Gasteiger partial charge in [0, 0.05) is 19.1 Å². The van der Waals surface area contributed by atoms with Crippen LogP contribution in [0.15, 0.2) is 0 Å². The van der Waals surface area contributed by atoms with Gasteiger partial charge in [-0.25, -0.2) is 4.79 Å². The Hall–Kier alpha value is -0.770. The van der Waals surface area contributed by atoms with E-state index in [4.69, 9.17) is 4.74 Å². The SMILES string of the molecule is CC(C)COC(=O)N1C(C)CC2CNCC21. The average molecular weight is 226 g/mol. The van der Waals surface area contributed by atoms with E-state index in [-0.39, 0.29) is 6.09 Å². The van der Waals surface area contributed by atoms with Crippen LogP contribution in [0.5, 0.6) is 0 Å². The van der Waals surface area contributed by atoms with Crippen LogP contribution in [-0.4, -0.2) is 42.8 Å². The van der Waals surface area contributed by atoms with Crippen molar-refractivity contribution in [3.63, 3.8) is 0 Å². The van der Waals surface area contributed by atoms with Gasteiger partial charge < -0.3 is 15.0 Å². The first-order chi connectivity index (χ1) is 7.59. The summed E-state index contributed by atoms with van der Waals surface area (Å²) in [6.45, 7) is 8.72. The standard InChI is InChI=1S/C12H22N2O2/c1-8(2)7-16-12(15)14-9(3)4-10-5-13-6-11(10)14/h8-11,13H,4-7H2,1-3H3. The predicted octanol–water partition coefficient (Wildman–Crippen LogP) is 1.46. The number of hydrogen-bond donors (Lipinski definition) is 1. The molecular formula is C12H22N2O2. The van der Waals surface area contributed by atoms with Crippen LogP contribution >= 0.6 is 0 Å². The summed E-state index contributed by atoms with van der Waals surface area (Å²) in [5, 5.41) is 3.35. The highest BCUT2D eigenvalue weighted by Gasteiger charge is 2.44. The van der Waals surface area contributed by atoms with Gasteiger partial charge in [0.15, 0.2) is 0 Å². The van der Waals surface area contributed by atoms with E-state index in [2.05, 4.69) is 26.1 Å². The summed E-state index contributed by atoms with van der Waals surface area (Å²) in [7, 11) is 0. The molecule has 2 aliphatic rings. The summed E-state index contributed by atoms with van der Waals surface area (Å²) in [5.74, 6) is 1.03. The molecule has 0 aromatic heterocycles. The van der Waals surface area contributed by atoms with Crippen LogP contribution in [0.4, 0.5) is 4.79 Å². The van der Waals surface area contributed by atoms with E-state index in [0.717, 1.165) is 19.5 Å². The van der Waals surface area contributed by atoms with Crippen LogP contribution in [-0.2, 0) is 4.74 Å². The second-order valence-electron chi connectivity index (χ2n) is 5.45. The lowest BCUT2D eigenvalue weighted by Gasteiger charge is -2.27. The van der Waals surface area contributed by atoms with Crippen LogP contribution in [0.2, 0.25) is 0 Å². The van der Waals surface area contributed by atoms with Crippen molar-refractivity contribution in [1.82, 2.24) is 10.2 Å². The van der Waals surface area contributed by atoms with Crippen molar-refractivity contribution in [2.24, 2.45) is 11.8 Å². The quantitative estimate of drug-likeness (QED) is 0.775. The van der Waals surface area contributed by atoms with Crippen LogP contribution in [0.25, 0.3) is 0 Å². The molecular weight excluding hydrogens is 204 g/mol. The molecule has 4 nitrogen and oxygen atoms in total. The Morgan fingerprint density at radius 3 is 2.94 bits per heavy atom. The van der Waals surface area contributed by atoms with Crippen molar-refractivity contribution >= 4 is 6.09 Å². The normalized spacial score (nSPS) is 33.2. The molecule has 0 bridgehead atoms. The molecule has 0 spiro atoms. The van der Waals surface area contributed by atoms with Crippen molar-refractivity contribution in [3.8, 4) is 0 Å². The summed E-state index contributed by atoms with van der Waals surface area (Å²) in [5.41, 5.74) is 0. The molecule has 92 valence electrons. The fourth-order valence-corrected chi connectivity index (χ4v) is 2.79. The first-order valence-electron chi connectivity index (χ1n) is 6.25. The largest absolute Gasteiger partial charge is 0.449 e. The van der Waals surface area contributed by atoms with E-state index in [1.54, 1.807) is 0 Å². The number of nitrogens with one attached hydrogen (secondary N) is 1. The average Bonchev–Trinajstić information content (AvgIpc) is 2.73. The first-order valence-corrected chi connectivity index (χ1v) is 6.25. The Labute approximate surface area is 97.3 Å². The number of likely N-dealkylation sites (tertiary alicyclic amines) is 1. The minimum Gasteiger partial charge on any atom is -0.449 e. The van der Waals surface area contributed by atoms with E-state index in [1.807, 2.05) is 4.90 Å². The van der Waals surface area contributed by atoms with E-state index in [9.17, 15) is 4.79 Å². The zero-order chi connectivity index (χ0) is 11.7. The Kier molecular flexibility index (Phi) is 3.38. The second-order valence-corrected chi connectivity index (χ2v) is 5.45. The van der Waals surface area contributed by atoms with Gasteiger partial charge in [-0.15, -0.1) is 0 Å². The van der Waals surface area contributed by atoms with Crippen molar-refractivity contribution in [1.29, 1.82) is 0 Å². The smallest absolute Gasteiger partial charge is 0.410 e. The lowest BCUT2D eigenvalue weighted by molar-refractivity contribution is 0.0778. The minimum absolute atomic E-state index is 0.127. The molecule has 2 fully saturated rings. The van der Waals surface area contributed by atoms with Gasteiger partial charge in [-0.2, -0.15) is 0 Å². The number of carbonyl (C=O) groups is 1. The first kappa shape index (κ1) is 11.7. The monoisotopic (exact) mass is 226 g/mol. The molecule has 0 aromatic carbocycles. The number of nitrogens with zero attached hydrogens (tertiary/aromatic N) is 1. The highest BCUT2D eigenvalue weighted by atomic mass is 16.6. The zero-order valence-corrected chi connectivity index (χ0v) is 10.4. The second kappa shape index (κ2) is 4.62. The lowest BCUT2D eigenvalue weighted by atomic mass is 10.0. The molecule has 3 unspecified atom stereocenters. The summed E-state index contributed by atoms with van der Waals surface area (Å²) in [4.78, 5) is 13.9. The summed E-state index contributed by atoms with van der Waals surface area (Å²) >= 11 is 0. The Balaban J connectivity index is 1.94. The third-order valence-corrected chi connectivity index (χ3v) is 3.53. The molecule has 0 saturated carbocycles. The van der Waals surface area contributed by atoms with Crippen molar-refractivity contribution in [2.45, 2.75) is 39.3 Å². The number of hydrogen-bond acceptors (Lipinski definition) is 3. The fraction of sp³-hybridized carbons (Fsp3) is 0.917. The summed E-state index contributed by atoms with van der Waals surface area (Å²) in [6.07, 6.45) is 0.978. The molecule has 2 rings (SSSR count). The molecule has 1 N–H and O–H groups in total. The number of rotatable bonds is 2. The third kappa shape index (κ3) is 2.17. The van der Waals surface area contributed by atoms with Crippen LogP contribution in [0.3, 0.4) is 0 Å². The van der Waals surface area contributed by atoms with E-state index in [0.29, 0.717) is 30.5 Å². The molecule has 4 heteroatoms. The van der Waals surface area contributed by atoms with Gasteiger partial charge in [0.1, 0.15) is 0 Å². The van der Waals surface area contributed by atoms with Crippen LogP contribution in [0, 0.1) is 11.8 Å². The van der Waals surface area contributed by atoms with Gasteiger partial charge in [0.25, 0.3) is 0 Å². The Bertz CT molecular complexity index is 268. The highest BCUT2D eigenvalue weighted by molar-refractivity contribution is 5.69. The number of amides is 1. The summed E-state index contributed by atoms with van der Waals surface area (Å²) < 4.78 is 5.33. The lowest BCUT2D eigenvalue weighted by Crippen LogP contribution is -2.43. The molecule has 16 heavy (non-hydrogen) atoms. The number of carbonyl (C=O) groups excluding carboxylic acids is 1. The van der Waals surface area contributed by atoms with Gasteiger partial charge in [0.2, 0.25) is 0 Å². The van der Waals surface area contributed by atoms with E-state index < -0.39 is 0 Å². The van der Waals surface area contributed by atoms with Gasteiger partial charge in [-0.3, -0.25) is 0 Å². The maximum atomic E-state index is 12.0. The number of ether oxygens (including phenoxy) is 1. The highest BCUT2D eigenvalue weighted by Crippen LogP contribution is 2.32.